The maximum atomic E-state index is 10.7. The minimum Gasteiger partial charge on any atom is -0.478 e. The van der Waals surface area contributed by atoms with Crippen molar-refractivity contribution in [3.05, 3.63) is 28.8 Å². The highest BCUT2D eigenvalue weighted by atomic mass is 35.5. The van der Waals surface area contributed by atoms with E-state index < -0.39 is 5.97 Å². The van der Waals surface area contributed by atoms with Crippen molar-refractivity contribution >= 4 is 23.3 Å². The Morgan fingerprint density at radius 2 is 2.21 bits per heavy atom. The molecule has 1 aromatic carbocycles. The van der Waals surface area contributed by atoms with Gasteiger partial charge in [-0.15, -0.1) is 0 Å². The summed E-state index contributed by atoms with van der Waals surface area (Å²) in [6.45, 7) is 0. The molecule has 0 saturated heterocycles. The molecule has 0 aliphatic heterocycles. The lowest BCUT2D eigenvalue weighted by Crippen LogP contribution is -2.03. The first-order valence-electron chi connectivity index (χ1n) is 4.46. The number of benzene rings is 1. The Balaban J connectivity index is 2.26. The molecule has 0 unspecified atom stereocenters. The Bertz CT molecular complexity index is 374. The van der Waals surface area contributed by atoms with Crippen LogP contribution in [0.4, 0.5) is 5.69 Å². The highest BCUT2D eigenvalue weighted by Gasteiger charge is 2.22. The van der Waals surface area contributed by atoms with E-state index >= 15 is 0 Å². The zero-order valence-electron chi connectivity index (χ0n) is 7.46. The van der Waals surface area contributed by atoms with Crippen molar-refractivity contribution in [1.29, 1.82) is 0 Å². The van der Waals surface area contributed by atoms with E-state index in [2.05, 4.69) is 5.32 Å². The number of aromatic carboxylic acids is 1. The van der Waals surface area contributed by atoms with E-state index in [0.717, 1.165) is 12.8 Å². The molecule has 3 nitrogen and oxygen atoms in total. The summed E-state index contributed by atoms with van der Waals surface area (Å²) in [5.74, 6) is -0.930. The molecule has 4 heteroatoms. The minimum atomic E-state index is -0.930. The van der Waals surface area contributed by atoms with Gasteiger partial charge in [0.15, 0.2) is 0 Å². The molecule has 0 heterocycles. The highest BCUT2D eigenvalue weighted by Crippen LogP contribution is 2.29. The van der Waals surface area contributed by atoms with E-state index in [1.165, 1.54) is 6.07 Å². The van der Waals surface area contributed by atoms with Crippen LogP contribution in [0.1, 0.15) is 23.2 Å². The molecule has 0 bridgehead atoms. The SMILES string of the molecule is O=C(O)c1ccc(Cl)c(NC2CC2)c1. The van der Waals surface area contributed by atoms with E-state index in [0.29, 0.717) is 16.8 Å². The lowest BCUT2D eigenvalue weighted by atomic mass is 10.2. The van der Waals surface area contributed by atoms with E-state index in [1.54, 1.807) is 12.1 Å². The first-order valence-corrected chi connectivity index (χ1v) is 4.84. The maximum Gasteiger partial charge on any atom is 0.335 e. The van der Waals surface area contributed by atoms with Crippen LogP contribution in [-0.2, 0) is 0 Å². The van der Waals surface area contributed by atoms with E-state index in [-0.39, 0.29) is 5.56 Å². The molecule has 0 atom stereocenters. The monoisotopic (exact) mass is 211 g/mol. The van der Waals surface area contributed by atoms with Gasteiger partial charge in [0.05, 0.1) is 16.3 Å². The molecule has 74 valence electrons. The Kier molecular flexibility index (Phi) is 2.33. The minimum absolute atomic E-state index is 0.262. The Morgan fingerprint density at radius 3 is 2.79 bits per heavy atom. The van der Waals surface area contributed by atoms with E-state index in [9.17, 15) is 4.79 Å². The normalized spacial score (nSPS) is 15.2. The summed E-state index contributed by atoms with van der Waals surface area (Å²) in [5, 5.41) is 12.5. The van der Waals surface area contributed by atoms with Gasteiger partial charge in [-0.1, -0.05) is 11.6 Å². The van der Waals surface area contributed by atoms with Crippen LogP contribution in [-0.4, -0.2) is 17.1 Å². The van der Waals surface area contributed by atoms with Crippen LogP contribution in [0.3, 0.4) is 0 Å². The van der Waals surface area contributed by atoms with Crippen LogP contribution in [0.5, 0.6) is 0 Å². The molecule has 1 fully saturated rings. The Labute approximate surface area is 86.7 Å². The summed E-state index contributed by atoms with van der Waals surface area (Å²) in [5.41, 5.74) is 0.978. The summed E-state index contributed by atoms with van der Waals surface area (Å²) in [7, 11) is 0. The molecule has 0 radical (unpaired) electrons. The van der Waals surface area contributed by atoms with E-state index in [4.69, 9.17) is 16.7 Å². The lowest BCUT2D eigenvalue weighted by Gasteiger charge is -2.07. The fourth-order valence-electron chi connectivity index (χ4n) is 1.22. The van der Waals surface area contributed by atoms with Gasteiger partial charge in [0.2, 0.25) is 0 Å². The summed E-state index contributed by atoms with van der Waals surface area (Å²) in [6.07, 6.45) is 2.27. The molecular weight excluding hydrogens is 202 g/mol. The molecule has 14 heavy (non-hydrogen) atoms. The predicted octanol–water partition coefficient (Wildman–Crippen LogP) is 2.61. The smallest absolute Gasteiger partial charge is 0.335 e. The number of anilines is 1. The third-order valence-electron chi connectivity index (χ3n) is 2.15. The summed E-state index contributed by atoms with van der Waals surface area (Å²) < 4.78 is 0. The number of carbonyl (C=O) groups is 1. The van der Waals surface area contributed by atoms with Crippen molar-refractivity contribution in [1.82, 2.24) is 0 Å². The second-order valence-electron chi connectivity index (χ2n) is 3.42. The van der Waals surface area contributed by atoms with Crippen molar-refractivity contribution in [3.63, 3.8) is 0 Å². The topological polar surface area (TPSA) is 49.3 Å². The third-order valence-corrected chi connectivity index (χ3v) is 2.48. The number of halogens is 1. The molecule has 1 aliphatic carbocycles. The first kappa shape index (κ1) is 9.34. The van der Waals surface area contributed by atoms with Crippen molar-refractivity contribution in [2.45, 2.75) is 18.9 Å². The van der Waals surface area contributed by atoms with Crippen LogP contribution in [0, 0.1) is 0 Å². The van der Waals surface area contributed by atoms with Gasteiger partial charge >= 0.3 is 5.97 Å². The number of nitrogens with one attached hydrogen (secondary N) is 1. The van der Waals surface area contributed by atoms with Crippen LogP contribution >= 0.6 is 11.6 Å². The highest BCUT2D eigenvalue weighted by molar-refractivity contribution is 6.33. The lowest BCUT2D eigenvalue weighted by molar-refractivity contribution is 0.0697. The fraction of sp³-hybridized carbons (Fsp3) is 0.300. The molecule has 1 aliphatic rings. The molecule has 1 aromatic rings. The number of carboxylic acid groups (broad SMARTS) is 1. The van der Waals surface area contributed by atoms with Gasteiger partial charge in [-0.05, 0) is 31.0 Å². The molecule has 2 N–H and O–H groups in total. The molecule has 0 aromatic heterocycles. The number of rotatable bonds is 3. The molecular formula is C10H10ClNO2. The average Bonchev–Trinajstić information content (AvgIpc) is 2.92. The number of hydrogen-bond acceptors (Lipinski definition) is 2. The fourth-order valence-corrected chi connectivity index (χ4v) is 1.39. The number of hydrogen-bond donors (Lipinski definition) is 2. The van der Waals surface area contributed by atoms with Crippen LogP contribution in [0.15, 0.2) is 18.2 Å². The quantitative estimate of drug-likeness (QED) is 0.808. The Hall–Kier alpha value is -1.22. The molecule has 1 saturated carbocycles. The first-order chi connectivity index (χ1) is 6.66. The van der Waals surface area contributed by atoms with Gasteiger partial charge in [-0.2, -0.15) is 0 Å². The molecule has 0 amide bonds. The average molecular weight is 212 g/mol. The van der Waals surface area contributed by atoms with E-state index in [1.807, 2.05) is 0 Å². The second kappa shape index (κ2) is 3.50. The Morgan fingerprint density at radius 1 is 1.50 bits per heavy atom. The van der Waals surface area contributed by atoms with Gasteiger partial charge in [0, 0.05) is 6.04 Å². The third kappa shape index (κ3) is 1.99. The second-order valence-corrected chi connectivity index (χ2v) is 3.83. The summed E-state index contributed by atoms with van der Waals surface area (Å²) >= 11 is 5.92. The van der Waals surface area contributed by atoms with Gasteiger partial charge in [0.1, 0.15) is 0 Å². The zero-order chi connectivity index (χ0) is 10.1. The van der Waals surface area contributed by atoms with Crippen molar-refractivity contribution < 1.29 is 9.90 Å². The van der Waals surface area contributed by atoms with Crippen LogP contribution < -0.4 is 5.32 Å². The van der Waals surface area contributed by atoms with Gasteiger partial charge in [-0.25, -0.2) is 4.79 Å². The maximum absolute atomic E-state index is 10.7. The van der Waals surface area contributed by atoms with Gasteiger partial charge in [0.25, 0.3) is 0 Å². The van der Waals surface area contributed by atoms with Gasteiger partial charge in [-0.3, -0.25) is 0 Å². The van der Waals surface area contributed by atoms with Gasteiger partial charge < -0.3 is 10.4 Å². The molecule has 0 spiro atoms. The van der Waals surface area contributed by atoms with Crippen molar-refractivity contribution in [2.75, 3.05) is 5.32 Å². The standard InChI is InChI=1S/C10H10ClNO2/c11-8-4-1-6(10(13)14)5-9(8)12-7-2-3-7/h1,4-5,7,12H,2-3H2,(H,13,14). The number of carboxylic acids is 1. The summed E-state index contributed by atoms with van der Waals surface area (Å²) in [4.78, 5) is 10.7. The van der Waals surface area contributed by atoms with Crippen LogP contribution in [0.2, 0.25) is 5.02 Å². The van der Waals surface area contributed by atoms with Crippen LogP contribution in [0.25, 0.3) is 0 Å². The predicted molar refractivity (Wildman–Crippen MR) is 55.1 cm³/mol. The zero-order valence-corrected chi connectivity index (χ0v) is 8.21. The molecule has 2 rings (SSSR count). The van der Waals surface area contributed by atoms with Crippen molar-refractivity contribution in [3.8, 4) is 0 Å². The largest absolute Gasteiger partial charge is 0.478 e. The summed E-state index contributed by atoms with van der Waals surface area (Å²) in [6, 6.07) is 5.15. The van der Waals surface area contributed by atoms with Crippen molar-refractivity contribution in [2.24, 2.45) is 0 Å².